The number of thiocarbonyl (C=S) groups is 1. The third-order valence-corrected chi connectivity index (χ3v) is 2.33. The van der Waals surface area contributed by atoms with Crippen LogP contribution in [0.15, 0.2) is 54.6 Å². The van der Waals surface area contributed by atoms with Crippen molar-refractivity contribution in [2.45, 2.75) is 6.61 Å². The Hall–Kier alpha value is -1.87. The lowest BCUT2D eigenvalue weighted by Crippen LogP contribution is -1.95. The number of rotatable bonds is 5. The molecule has 0 radical (unpaired) electrons. The van der Waals surface area contributed by atoms with Gasteiger partial charge in [-0.05, 0) is 29.9 Å². The van der Waals surface area contributed by atoms with Crippen LogP contribution >= 0.6 is 12.2 Å². The van der Waals surface area contributed by atoms with Gasteiger partial charge in [-0.1, -0.05) is 36.4 Å². The molecule has 2 aromatic carbocycles. The zero-order valence-electron chi connectivity index (χ0n) is 9.21. The Kier molecular flexibility index (Phi) is 4.11. The van der Waals surface area contributed by atoms with E-state index >= 15 is 0 Å². The summed E-state index contributed by atoms with van der Waals surface area (Å²) in [7, 11) is 0. The maximum absolute atomic E-state index is 5.65. The van der Waals surface area contributed by atoms with E-state index in [2.05, 4.69) is 12.2 Å². The second-order valence-corrected chi connectivity index (χ2v) is 3.66. The molecule has 0 N–H and O–H groups in total. The maximum Gasteiger partial charge on any atom is 0.154 e. The van der Waals surface area contributed by atoms with Gasteiger partial charge in [-0.15, -0.1) is 0 Å². The van der Waals surface area contributed by atoms with Gasteiger partial charge >= 0.3 is 0 Å². The van der Waals surface area contributed by atoms with Crippen molar-refractivity contribution in [1.29, 1.82) is 0 Å². The average Bonchev–Trinajstić information content (AvgIpc) is 2.39. The molecule has 0 amide bonds. The largest absolute Gasteiger partial charge is 0.489 e. The monoisotopic (exact) mass is 244 g/mol. The standard InChI is InChI=1S/C14H12O2S/c17-11-16-14-8-4-7-13(9-14)15-10-12-5-2-1-3-6-12/h1-9,11H,10H2. The van der Waals surface area contributed by atoms with Crippen LogP contribution in [0.5, 0.6) is 11.5 Å². The second-order valence-electron chi connectivity index (χ2n) is 3.46. The van der Waals surface area contributed by atoms with Crippen LogP contribution in [0.1, 0.15) is 5.56 Å². The minimum absolute atomic E-state index is 0.544. The zero-order chi connectivity index (χ0) is 11.9. The van der Waals surface area contributed by atoms with E-state index in [1.165, 1.54) is 5.55 Å². The SMILES string of the molecule is S=COc1cccc(OCc2ccccc2)c1. The van der Waals surface area contributed by atoms with Gasteiger partial charge in [0.2, 0.25) is 0 Å². The highest BCUT2D eigenvalue weighted by molar-refractivity contribution is 7.78. The lowest BCUT2D eigenvalue weighted by Gasteiger charge is -2.07. The molecule has 0 spiro atoms. The molecule has 0 saturated heterocycles. The van der Waals surface area contributed by atoms with Crippen molar-refractivity contribution in [2.24, 2.45) is 0 Å². The first-order valence-electron chi connectivity index (χ1n) is 5.25. The molecule has 2 nitrogen and oxygen atoms in total. The highest BCUT2D eigenvalue weighted by Crippen LogP contribution is 2.19. The lowest BCUT2D eigenvalue weighted by atomic mass is 10.2. The topological polar surface area (TPSA) is 18.5 Å². The van der Waals surface area contributed by atoms with E-state index in [0.29, 0.717) is 12.4 Å². The summed E-state index contributed by atoms with van der Waals surface area (Å²) < 4.78 is 10.8. The number of hydrogen-bond donors (Lipinski definition) is 0. The van der Waals surface area contributed by atoms with Gasteiger partial charge < -0.3 is 9.47 Å². The molecular weight excluding hydrogens is 232 g/mol. The Labute approximate surface area is 106 Å². The number of benzene rings is 2. The lowest BCUT2D eigenvalue weighted by molar-refractivity contribution is 0.305. The maximum atomic E-state index is 5.65. The van der Waals surface area contributed by atoms with Crippen LogP contribution in [-0.4, -0.2) is 5.55 Å². The molecular formula is C14H12O2S. The normalized spacial score (nSPS) is 9.65. The zero-order valence-corrected chi connectivity index (χ0v) is 10.0. The summed E-state index contributed by atoms with van der Waals surface area (Å²) in [6.07, 6.45) is 0. The van der Waals surface area contributed by atoms with Crippen molar-refractivity contribution in [3.05, 3.63) is 60.2 Å². The van der Waals surface area contributed by atoms with E-state index in [0.717, 1.165) is 11.3 Å². The van der Waals surface area contributed by atoms with Crippen molar-refractivity contribution >= 4 is 17.8 Å². The summed E-state index contributed by atoms with van der Waals surface area (Å²) in [5.41, 5.74) is 2.37. The minimum Gasteiger partial charge on any atom is -0.489 e. The Morgan fingerprint density at radius 3 is 2.47 bits per heavy atom. The molecule has 0 aromatic heterocycles. The molecule has 0 fully saturated rings. The Morgan fingerprint density at radius 1 is 0.941 bits per heavy atom. The Bertz CT molecular complexity index is 483. The average molecular weight is 244 g/mol. The fourth-order valence-corrected chi connectivity index (χ4v) is 1.54. The van der Waals surface area contributed by atoms with Crippen molar-refractivity contribution in [3.8, 4) is 11.5 Å². The van der Waals surface area contributed by atoms with Gasteiger partial charge in [-0.3, -0.25) is 0 Å². The first-order valence-corrected chi connectivity index (χ1v) is 5.73. The molecule has 0 aliphatic rings. The van der Waals surface area contributed by atoms with Gasteiger partial charge in [0.1, 0.15) is 18.1 Å². The van der Waals surface area contributed by atoms with Gasteiger partial charge in [0.05, 0.1) is 0 Å². The van der Waals surface area contributed by atoms with Crippen molar-refractivity contribution in [3.63, 3.8) is 0 Å². The second kappa shape index (κ2) is 6.01. The van der Waals surface area contributed by atoms with E-state index in [9.17, 15) is 0 Å². The quantitative estimate of drug-likeness (QED) is 0.749. The summed E-state index contributed by atoms with van der Waals surface area (Å²) >= 11 is 4.63. The summed E-state index contributed by atoms with van der Waals surface area (Å²) in [5, 5.41) is 0. The van der Waals surface area contributed by atoms with Gasteiger partial charge in [-0.25, -0.2) is 0 Å². The molecule has 0 atom stereocenters. The molecule has 0 saturated carbocycles. The van der Waals surface area contributed by atoms with Gasteiger partial charge in [-0.2, -0.15) is 0 Å². The van der Waals surface area contributed by atoms with Crippen LogP contribution in [0.2, 0.25) is 0 Å². The van der Waals surface area contributed by atoms with E-state index in [1.54, 1.807) is 0 Å². The summed E-state index contributed by atoms with van der Waals surface area (Å²) in [6.45, 7) is 0.544. The van der Waals surface area contributed by atoms with Crippen LogP contribution < -0.4 is 9.47 Å². The van der Waals surface area contributed by atoms with Crippen molar-refractivity contribution in [2.75, 3.05) is 0 Å². The smallest absolute Gasteiger partial charge is 0.154 e. The van der Waals surface area contributed by atoms with Gasteiger partial charge in [0, 0.05) is 6.07 Å². The summed E-state index contributed by atoms with van der Waals surface area (Å²) in [5.74, 6) is 1.45. The van der Waals surface area contributed by atoms with Gasteiger partial charge in [0.25, 0.3) is 0 Å². The molecule has 0 unspecified atom stereocenters. The van der Waals surface area contributed by atoms with Crippen LogP contribution in [0.25, 0.3) is 0 Å². The highest BCUT2D eigenvalue weighted by Gasteiger charge is 1.97. The van der Waals surface area contributed by atoms with Crippen LogP contribution in [0.3, 0.4) is 0 Å². The molecule has 0 heterocycles. The van der Waals surface area contributed by atoms with Crippen LogP contribution in [0, 0.1) is 0 Å². The first-order chi connectivity index (χ1) is 8.38. The van der Waals surface area contributed by atoms with E-state index in [4.69, 9.17) is 9.47 Å². The van der Waals surface area contributed by atoms with E-state index < -0.39 is 0 Å². The Morgan fingerprint density at radius 2 is 1.71 bits per heavy atom. The summed E-state index contributed by atoms with van der Waals surface area (Å²) in [4.78, 5) is 0. The van der Waals surface area contributed by atoms with E-state index in [1.807, 2.05) is 54.6 Å². The molecule has 0 aliphatic heterocycles. The molecule has 2 aromatic rings. The third-order valence-electron chi connectivity index (χ3n) is 2.24. The summed E-state index contributed by atoms with van der Waals surface area (Å²) in [6, 6.07) is 17.4. The predicted octanol–water partition coefficient (Wildman–Crippen LogP) is 3.60. The first kappa shape index (κ1) is 11.6. The predicted molar refractivity (Wildman–Crippen MR) is 71.5 cm³/mol. The number of hydrogen-bond acceptors (Lipinski definition) is 3. The fraction of sp³-hybridized carbons (Fsp3) is 0.0714. The van der Waals surface area contributed by atoms with Gasteiger partial charge in [0.15, 0.2) is 5.55 Å². The van der Waals surface area contributed by atoms with Crippen molar-refractivity contribution < 1.29 is 9.47 Å². The molecule has 2 rings (SSSR count). The molecule has 86 valence electrons. The molecule has 3 heteroatoms. The molecule has 17 heavy (non-hydrogen) atoms. The number of ether oxygens (including phenoxy) is 2. The fourth-order valence-electron chi connectivity index (χ4n) is 1.43. The highest BCUT2D eigenvalue weighted by atomic mass is 32.1. The molecule has 0 aliphatic carbocycles. The van der Waals surface area contributed by atoms with Crippen LogP contribution in [-0.2, 0) is 6.61 Å². The Balaban J connectivity index is 1.99. The third kappa shape index (κ3) is 3.57. The minimum atomic E-state index is 0.544. The van der Waals surface area contributed by atoms with E-state index in [-0.39, 0.29) is 0 Å². The molecule has 0 bridgehead atoms. The van der Waals surface area contributed by atoms with Crippen LogP contribution in [0.4, 0.5) is 0 Å². The van der Waals surface area contributed by atoms with Crippen molar-refractivity contribution in [1.82, 2.24) is 0 Å².